The molecule has 0 spiro atoms. The lowest BCUT2D eigenvalue weighted by molar-refractivity contribution is -0.116. The molecule has 0 aliphatic rings. The van der Waals surface area contributed by atoms with Crippen LogP contribution in [0.25, 0.3) is 6.08 Å². The molecule has 0 saturated heterocycles. The number of ether oxygens (including phenoxy) is 1. The molecule has 1 atom stereocenters. The second-order valence-corrected chi connectivity index (χ2v) is 12.1. The fourth-order valence-electron chi connectivity index (χ4n) is 4.70. The molecule has 3 N–H and O–H groups in total. The highest BCUT2D eigenvalue weighted by molar-refractivity contribution is 8.00. The van der Waals surface area contributed by atoms with Gasteiger partial charge >= 0.3 is 0 Å². The van der Waals surface area contributed by atoms with E-state index in [-0.39, 0.29) is 11.6 Å². The van der Waals surface area contributed by atoms with E-state index in [9.17, 15) is 14.4 Å². The Bertz CT molecular complexity index is 1900. The number of carbonyl (C=O) groups is 3. The van der Waals surface area contributed by atoms with Crippen molar-refractivity contribution in [3.8, 4) is 5.75 Å². The average molecular weight is 662 g/mol. The van der Waals surface area contributed by atoms with Gasteiger partial charge in [-0.1, -0.05) is 90.0 Å². The van der Waals surface area contributed by atoms with Gasteiger partial charge in [-0.25, -0.2) is 0 Å². The van der Waals surface area contributed by atoms with Gasteiger partial charge < -0.3 is 20.7 Å². The zero-order chi connectivity index (χ0) is 33.2. The van der Waals surface area contributed by atoms with Gasteiger partial charge in [0.15, 0.2) is 0 Å². The van der Waals surface area contributed by atoms with E-state index in [0.29, 0.717) is 27.7 Å². The quantitative estimate of drug-likeness (QED) is 0.0974. The molecule has 0 aromatic heterocycles. The molecule has 0 heterocycles. The number of methoxy groups -OCH3 is 1. The van der Waals surface area contributed by atoms with Crippen LogP contribution < -0.4 is 20.7 Å². The second-order valence-electron chi connectivity index (χ2n) is 10.5. The highest BCUT2D eigenvalue weighted by Gasteiger charge is 2.24. The number of hydrogen-bond donors (Lipinski definition) is 3. The van der Waals surface area contributed by atoms with E-state index in [1.54, 1.807) is 60.7 Å². The molecule has 5 aromatic carbocycles. The predicted molar refractivity (Wildman–Crippen MR) is 190 cm³/mol. The topological polar surface area (TPSA) is 96.5 Å². The minimum atomic E-state index is -0.600. The minimum Gasteiger partial charge on any atom is -0.495 e. The Morgan fingerprint density at radius 2 is 1.49 bits per heavy atom. The van der Waals surface area contributed by atoms with Gasteiger partial charge in [0.25, 0.3) is 11.8 Å². The van der Waals surface area contributed by atoms with Crippen molar-refractivity contribution in [1.29, 1.82) is 0 Å². The molecule has 1 unspecified atom stereocenters. The Kier molecular flexibility index (Phi) is 11.1. The van der Waals surface area contributed by atoms with E-state index in [1.807, 2.05) is 79.7 Å². The third kappa shape index (κ3) is 9.13. The van der Waals surface area contributed by atoms with Crippen LogP contribution in [-0.2, 0) is 9.59 Å². The molecule has 0 aliphatic heterocycles. The number of thioether (sulfide) groups is 1. The summed E-state index contributed by atoms with van der Waals surface area (Å²) in [6, 6.07) is 38.0. The molecule has 47 heavy (non-hydrogen) atoms. The van der Waals surface area contributed by atoms with Gasteiger partial charge in [-0.05, 0) is 78.7 Å². The molecule has 0 saturated carbocycles. The van der Waals surface area contributed by atoms with Gasteiger partial charge in [0.05, 0.1) is 12.8 Å². The minimum absolute atomic E-state index is 0.0974. The number of nitrogens with one attached hydrogen (secondary N) is 3. The fourth-order valence-corrected chi connectivity index (χ4v) is 5.89. The highest BCUT2D eigenvalue weighted by Crippen LogP contribution is 2.38. The average Bonchev–Trinajstić information content (AvgIpc) is 3.08. The van der Waals surface area contributed by atoms with Crippen molar-refractivity contribution in [2.75, 3.05) is 17.7 Å². The highest BCUT2D eigenvalue weighted by atomic mass is 35.5. The van der Waals surface area contributed by atoms with Crippen LogP contribution in [0.15, 0.2) is 138 Å². The number of carbonyl (C=O) groups excluding carboxylic acids is 3. The van der Waals surface area contributed by atoms with E-state index < -0.39 is 17.1 Å². The number of anilines is 2. The number of aryl methyl sites for hydroxylation is 1. The summed E-state index contributed by atoms with van der Waals surface area (Å²) in [6.45, 7) is 1.96. The number of halogens is 1. The number of benzene rings is 5. The Labute approximate surface area is 283 Å². The van der Waals surface area contributed by atoms with Crippen LogP contribution in [0.1, 0.15) is 32.3 Å². The molecule has 0 bridgehead atoms. The molecular weight excluding hydrogens is 630 g/mol. The smallest absolute Gasteiger partial charge is 0.272 e. The number of hydrogen-bond acceptors (Lipinski definition) is 5. The maximum atomic E-state index is 13.6. The summed E-state index contributed by atoms with van der Waals surface area (Å²) in [5.41, 5.74) is 4.13. The maximum absolute atomic E-state index is 13.6. The maximum Gasteiger partial charge on any atom is 0.272 e. The van der Waals surface area contributed by atoms with Crippen LogP contribution in [0.3, 0.4) is 0 Å². The number of rotatable bonds is 11. The summed E-state index contributed by atoms with van der Waals surface area (Å²) in [7, 11) is 1.53. The van der Waals surface area contributed by atoms with E-state index >= 15 is 0 Å². The second kappa shape index (κ2) is 15.8. The summed E-state index contributed by atoms with van der Waals surface area (Å²) in [5, 5.41) is 8.47. The summed E-state index contributed by atoms with van der Waals surface area (Å²) in [5.74, 6) is -0.630. The van der Waals surface area contributed by atoms with E-state index in [0.717, 1.165) is 21.6 Å². The van der Waals surface area contributed by atoms with Crippen LogP contribution >= 0.6 is 23.4 Å². The van der Waals surface area contributed by atoms with E-state index in [4.69, 9.17) is 16.3 Å². The Hall–Kier alpha value is -5.31. The van der Waals surface area contributed by atoms with Crippen LogP contribution in [0, 0.1) is 6.92 Å². The van der Waals surface area contributed by atoms with Gasteiger partial charge in [-0.3, -0.25) is 14.4 Å². The SMILES string of the molecule is COc1ccc(Cl)cc1NC(=O)C(Sc1ccc(NC(=O)/C(=C/c2cccc(C)c2)NC(=O)c2ccccc2)cc1)c1ccccc1. The summed E-state index contributed by atoms with van der Waals surface area (Å²) < 4.78 is 5.41. The van der Waals surface area contributed by atoms with Crippen molar-refractivity contribution in [3.63, 3.8) is 0 Å². The van der Waals surface area contributed by atoms with E-state index in [1.165, 1.54) is 18.9 Å². The van der Waals surface area contributed by atoms with Crippen LogP contribution in [0.4, 0.5) is 11.4 Å². The lowest BCUT2D eigenvalue weighted by atomic mass is 10.1. The van der Waals surface area contributed by atoms with Gasteiger partial charge in [0.1, 0.15) is 16.7 Å². The lowest BCUT2D eigenvalue weighted by Crippen LogP contribution is -2.30. The van der Waals surface area contributed by atoms with Gasteiger partial charge in [0, 0.05) is 21.2 Å². The molecule has 0 fully saturated rings. The largest absolute Gasteiger partial charge is 0.495 e. The van der Waals surface area contributed by atoms with Crippen molar-refractivity contribution in [2.45, 2.75) is 17.1 Å². The zero-order valence-electron chi connectivity index (χ0n) is 25.7. The first kappa shape index (κ1) is 33.1. The first-order valence-corrected chi connectivity index (χ1v) is 16.0. The van der Waals surface area contributed by atoms with Crippen molar-refractivity contribution in [2.24, 2.45) is 0 Å². The molecule has 0 aliphatic carbocycles. The Morgan fingerprint density at radius 1 is 0.787 bits per heavy atom. The lowest BCUT2D eigenvalue weighted by Gasteiger charge is -2.19. The molecule has 3 amide bonds. The zero-order valence-corrected chi connectivity index (χ0v) is 27.3. The Morgan fingerprint density at radius 3 is 2.17 bits per heavy atom. The van der Waals surface area contributed by atoms with Crippen molar-refractivity contribution in [1.82, 2.24) is 5.32 Å². The third-order valence-electron chi connectivity index (χ3n) is 7.01. The summed E-state index contributed by atoms with van der Waals surface area (Å²) in [4.78, 5) is 40.9. The van der Waals surface area contributed by atoms with E-state index in [2.05, 4.69) is 16.0 Å². The molecular formula is C38H32ClN3O4S. The first-order chi connectivity index (χ1) is 22.8. The van der Waals surface area contributed by atoms with Crippen molar-refractivity contribution < 1.29 is 19.1 Å². The number of amides is 3. The monoisotopic (exact) mass is 661 g/mol. The van der Waals surface area contributed by atoms with Gasteiger partial charge in [0.2, 0.25) is 5.91 Å². The Balaban J connectivity index is 1.34. The van der Waals surface area contributed by atoms with Crippen molar-refractivity contribution >= 4 is 58.5 Å². The van der Waals surface area contributed by atoms with Gasteiger partial charge in [-0.15, -0.1) is 11.8 Å². The van der Waals surface area contributed by atoms with Crippen LogP contribution in [0.2, 0.25) is 5.02 Å². The predicted octanol–water partition coefficient (Wildman–Crippen LogP) is 8.54. The molecule has 0 radical (unpaired) electrons. The normalized spacial score (nSPS) is 11.7. The molecule has 236 valence electrons. The van der Waals surface area contributed by atoms with Crippen LogP contribution in [-0.4, -0.2) is 24.8 Å². The first-order valence-electron chi connectivity index (χ1n) is 14.7. The van der Waals surface area contributed by atoms with Crippen LogP contribution in [0.5, 0.6) is 5.75 Å². The van der Waals surface area contributed by atoms with Gasteiger partial charge in [-0.2, -0.15) is 0 Å². The standard InChI is InChI=1S/C38H32ClN3O4S/c1-25-10-9-11-26(22-25)23-33(42-36(43)28-14-7-4-8-15-28)37(44)40-30-17-19-31(20-18-30)47-35(27-12-5-3-6-13-27)38(45)41-32-24-29(39)16-21-34(32)46-2/h3-24,35H,1-2H3,(H,40,44)(H,41,45)(H,42,43)/b33-23-. The molecule has 5 rings (SSSR count). The molecule has 7 nitrogen and oxygen atoms in total. The van der Waals surface area contributed by atoms with Crippen molar-refractivity contribution in [3.05, 3.63) is 160 Å². The molecule has 9 heteroatoms. The fraction of sp³-hybridized carbons (Fsp3) is 0.0789. The third-order valence-corrected chi connectivity index (χ3v) is 8.51. The molecule has 5 aromatic rings. The summed E-state index contributed by atoms with van der Waals surface area (Å²) >= 11 is 7.55. The summed E-state index contributed by atoms with van der Waals surface area (Å²) in [6.07, 6.45) is 1.64.